The number of hydrogen-bond acceptors (Lipinski definition) is 4. The van der Waals surface area contributed by atoms with Gasteiger partial charge in [0, 0.05) is 22.4 Å². The van der Waals surface area contributed by atoms with Crippen molar-refractivity contribution in [3.05, 3.63) is 63.5 Å². The lowest BCUT2D eigenvalue weighted by Crippen LogP contribution is -2.32. The van der Waals surface area contributed by atoms with Gasteiger partial charge in [-0.15, -0.1) is 0 Å². The largest absolute Gasteiger partial charge is 0.451 e. The number of nitrogens with zero attached hydrogens (tertiary/aromatic N) is 1. The molecule has 0 fully saturated rings. The normalized spacial score (nSPS) is 11.6. The summed E-state index contributed by atoms with van der Waals surface area (Å²) in [7, 11) is 0. The van der Waals surface area contributed by atoms with Crippen LogP contribution in [0.25, 0.3) is 0 Å². The highest BCUT2D eigenvalue weighted by molar-refractivity contribution is 9.10. The molecule has 6 nitrogen and oxygen atoms in total. The lowest BCUT2D eigenvalue weighted by molar-refractivity contribution is -0.153. The third-order valence-electron chi connectivity index (χ3n) is 2.97. The van der Waals surface area contributed by atoms with Crippen LogP contribution in [0, 0.1) is 0 Å². The van der Waals surface area contributed by atoms with Crippen LogP contribution in [-0.2, 0) is 20.9 Å². The second-order valence-electron chi connectivity index (χ2n) is 4.80. The molecule has 0 saturated carbocycles. The Morgan fingerprint density at radius 1 is 1.26 bits per heavy atom. The van der Waals surface area contributed by atoms with Gasteiger partial charge in [0.05, 0.1) is 0 Å². The zero-order valence-corrected chi connectivity index (χ0v) is 13.9. The fourth-order valence-corrected chi connectivity index (χ4v) is 2.23. The topological polar surface area (TPSA) is 77.4 Å². The van der Waals surface area contributed by atoms with Gasteiger partial charge in [-0.1, -0.05) is 28.1 Å². The second kappa shape index (κ2) is 7.73. The van der Waals surface area contributed by atoms with Crippen LogP contribution >= 0.6 is 15.9 Å². The molecule has 1 N–H and O–H groups in total. The number of amides is 1. The number of hydrogen-bond donors (Lipinski definition) is 1. The van der Waals surface area contributed by atoms with Crippen molar-refractivity contribution in [1.29, 1.82) is 0 Å². The Morgan fingerprint density at radius 3 is 2.74 bits per heavy atom. The number of nitrogens with one attached hydrogen (secondary N) is 1. The number of pyridine rings is 1. The minimum absolute atomic E-state index is 0.242. The fraction of sp³-hybridized carbons (Fsp3) is 0.188. The van der Waals surface area contributed by atoms with Crippen LogP contribution in [0.2, 0.25) is 0 Å². The average Bonchev–Trinajstić information content (AvgIpc) is 2.49. The molecule has 2 aromatic rings. The van der Waals surface area contributed by atoms with Crippen molar-refractivity contribution < 1.29 is 14.3 Å². The maximum Gasteiger partial charge on any atom is 0.326 e. The van der Waals surface area contributed by atoms with Crippen molar-refractivity contribution >= 4 is 33.5 Å². The summed E-state index contributed by atoms with van der Waals surface area (Å²) >= 11 is 3.30. The summed E-state index contributed by atoms with van der Waals surface area (Å²) in [5, 5.41) is 2.65. The van der Waals surface area contributed by atoms with E-state index in [2.05, 4.69) is 21.2 Å². The van der Waals surface area contributed by atoms with Crippen LogP contribution in [0.1, 0.15) is 6.92 Å². The van der Waals surface area contributed by atoms with E-state index in [0.717, 1.165) is 4.47 Å². The Morgan fingerprint density at radius 2 is 2.04 bits per heavy atom. The fourth-order valence-electron chi connectivity index (χ4n) is 1.83. The van der Waals surface area contributed by atoms with Crippen LogP contribution in [0.15, 0.2) is 57.9 Å². The Balaban J connectivity index is 1.91. The number of halogens is 1. The van der Waals surface area contributed by atoms with Crippen LogP contribution in [-0.4, -0.2) is 22.5 Å². The van der Waals surface area contributed by atoms with Gasteiger partial charge in [0.1, 0.15) is 6.54 Å². The van der Waals surface area contributed by atoms with E-state index >= 15 is 0 Å². The first-order valence-corrected chi connectivity index (χ1v) is 7.66. The summed E-state index contributed by atoms with van der Waals surface area (Å²) in [6.45, 7) is 1.23. The third kappa shape index (κ3) is 5.07. The zero-order valence-electron chi connectivity index (χ0n) is 12.4. The molecule has 1 heterocycles. The van der Waals surface area contributed by atoms with Crippen molar-refractivity contribution in [1.82, 2.24) is 4.57 Å². The summed E-state index contributed by atoms with van der Waals surface area (Å²) in [6, 6.07) is 11.6. The summed E-state index contributed by atoms with van der Waals surface area (Å²) in [4.78, 5) is 35.3. The van der Waals surface area contributed by atoms with Crippen molar-refractivity contribution in [2.45, 2.75) is 19.6 Å². The highest BCUT2D eigenvalue weighted by atomic mass is 79.9. The van der Waals surface area contributed by atoms with Gasteiger partial charge in [-0.05, 0) is 31.2 Å². The SMILES string of the molecule is C[C@@H](OC(=O)Cn1ccccc1=O)C(=O)Nc1cccc(Br)c1. The van der Waals surface area contributed by atoms with Crippen molar-refractivity contribution in [2.24, 2.45) is 0 Å². The molecule has 0 aliphatic heterocycles. The molecule has 0 aliphatic rings. The molecular weight excluding hydrogens is 364 g/mol. The van der Waals surface area contributed by atoms with Crippen LogP contribution in [0.4, 0.5) is 5.69 Å². The second-order valence-corrected chi connectivity index (χ2v) is 5.71. The maximum absolute atomic E-state index is 12.0. The van der Waals surface area contributed by atoms with E-state index in [1.165, 1.54) is 23.8 Å². The maximum atomic E-state index is 12.0. The minimum Gasteiger partial charge on any atom is -0.451 e. The van der Waals surface area contributed by atoms with E-state index < -0.39 is 18.0 Å². The molecule has 1 atom stereocenters. The number of aromatic nitrogens is 1. The number of rotatable bonds is 5. The molecule has 23 heavy (non-hydrogen) atoms. The first-order chi connectivity index (χ1) is 11.0. The molecule has 0 aliphatic carbocycles. The molecule has 2 rings (SSSR count). The first-order valence-electron chi connectivity index (χ1n) is 6.87. The molecule has 0 spiro atoms. The van der Waals surface area contributed by atoms with Gasteiger partial charge in [0.25, 0.3) is 11.5 Å². The molecule has 0 unspecified atom stereocenters. The molecule has 0 bridgehead atoms. The van der Waals surface area contributed by atoms with Crippen LogP contribution in [0.5, 0.6) is 0 Å². The summed E-state index contributed by atoms with van der Waals surface area (Å²) in [5.41, 5.74) is 0.280. The highest BCUT2D eigenvalue weighted by Crippen LogP contribution is 2.16. The smallest absolute Gasteiger partial charge is 0.326 e. The molecule has 1 aromatic heterocycles. The third-order valence-corrected chi connectivity index (χ3v) is 3.46. The predicted octanol–water partition coefficient (Wildman–Crippen LogP) is 2.18. The van der Waals surface area contributed by atoms with E-state index in [1.807, 2.05) is 6.07 Å². The van der Waals surface area contributed by atoms with Crippen LogP contribution < -0.4 is 10.9 Å². The zero-order chi connectivity index (χ0) is 16.8. The van der Waals surface area contributed by atoms with E-state index in [9.17, 15) is 14.4 Å². The number of esters is 1. The molecule has 0 radical (unpaired) electrons. The lowest BCUT2D eigenvalue weighted by atomic mass is 10.3. The predicted molar refractivity (Wildman–Crippen MR) is 89.0 cm³/mol. The summed E-state index contributed by atoms with van der Waals surface area (Å²) < 4.78 is 7.08. The Labute approximate surface area is 141 Å². The van der Waals surface area contributed by atoms with Gasteiger partial charge >= 0.3 is 5.97 Å². The van der Waals surface area contributed by atoms with Gasteiger partial charge < -0.3 is 14.6 Å². The minimum atomic E-state index is -0.971. The van der Waals surface area contributed by atoms with Gasteiger partial charge in [-0.2, -0.15) is 0 Å². The van der Waals surface area contributed by atoms with Crippen LogP contribution in [0.3, 0.4) is 0 Å². The van der Waals surface area contributed by atoms with E-state index in [4.69, 9.17) is 4.74 Å². The number of benzene rings is 1. The molecule has 0 saturated heterocycles. The summed E-state index contributed by atoms with van der Waals surface area (Å²) in [5.74, 6) is -1.10. The van der Waals surface area contributed by atoms with Gasteiger partial charge in [-0.3, -0.25) is 14.4 Å². The van der Waals surface area contributed by atoms with Gasteiger partial charge in [0.2, 0.25) is 0 Å². The monoisotopic (exact) mass is 378 g/mol. The first kappa shape index (κ1) is 17.0. The average molecular weight is 379 g/mol. The molecule has 1 aromatic carbocycles. The molecule has 7 heteroatoms. The summed E-state index contributed by atoms with van der Waals surface area (Å²) in [6.07, 6.45) is 0.511. The van der Waals surface area contributed by atoms with Crippen molar-refractivity contribution in [2.75, 3.05) is 5.32 Å². The van der Waals surface area contributed by atoms with E-state index in [0.29, 0.717) is 5.69 Å². The number of carbonyl (C=O) groups is 2. The highest BCUT2D eigenvalue weighted by Gasteiger charge is 2.18. The van der Waals surface area contributed by atoms with E-state index in [-0.39, 0.29) is 12.1 Å². The van der Waals surface area contributed by atoms with Crippen molar-refractivity contribution in [3.63, 3.8) is 0 Å². The van der Waals surface area contributed by atoms with E-state index in [1.54, 1.807) is 30.3 Å². The number of ether oxygens (including phenoxy) is 1. The standard InChI is InChI=1S/C16H15BrN2O4/c1-11(16(22)18-13-6-4-5-12(17)9-13)23-15(21)10-19-8-3-2-7-14(19)20/h2-9,11H,10H2,1H3,(H,18,22)/t11-/m1/s1. The quantitative estimate of drug-likeness (QED) is 0.808. The lowest BCUT2D eigenvalue weighted by Gasteiger charge is -2.14. The Kier molecular flexibility index (Phi) is 5.70. The van der Waals surface area contributed by atoms with Gasteiger partial charge in [0.15, 0.2) is 6.10 Å². The molecular formula is C16H15BrN2O4. The van der Waals surface area contributed by atoms with Crippen molar-refractivity contribution in [3.8, 4) is 0 Å². The number of carbonyl (C=O) groups excluding carboxylic acids is 2. The van der Waals surface area contributed by atoms with Gasteiger partial charge in [-0.25, -0.2) is 0 Å². The Bertz CT molecular complexity index is 772. The molecule has 120 valence electrons. The molecule has 1 amide bonds. The Hall–Kier alpha value is -2.41. The number of anilines is 1.